The Bertz CT molecular complexity index is 1430. The molecule has 0 fully saturated rings. The lowest BCUT2D eigenvalue weighted by atomic mass is 10.1. The van der Waals surface area contributed by atoms with E-state index in [0.29, 0.717) is 0 Å². The van der Waals surface area contributed by atoms with Gasteiger partial charge in [0.15, 0.2) is 0 Å². The summed E-state index contributed by atoms with van der Waals surface area (Å²) in [5.41, 5.74) is 4.69. The van der Waals surface area contributed by atoms with Crippen LogP contribution in [-0.4, -0.2) is 14.5 Å². The van der Waals surface area contributed by atoms with Crippen molar-refractivity contribution in [3.8, 4) is 5.69 Å². The lowest BCUT2D eigenvalue weighted by Gasteiger charge is -2.10. The molecule has 0 amide bonds. The molecule has 0 saturated heterocycles. The molecular formula is C23H15N3. The maximum Gasteiger partial charge on any atom is 0.0723 e. The zero-order valence-corrected chi connectivity index (χ0v) is 14.0. The first-order valence-corrected chi connectivity index (χ1v) is 8.74. The molecule has 0 bridgehead atoms. The summed E-state index contributed by atoms with van der Waals surface area (Å²) in [5, 5.41) is 6.10. The van der Waals surface area contributed by atoms with E-state index in [4.69, 9.17) is 0 Å². The number of pyridine rings is 1. The van der Waals surface area contributed by atoms with Crippen LogP contribution in [0.1, 0.15) is 0 Å². The summed E-state index contributed by atoms with van der Waals surface area (Å²) in [4.78, 5) is 7.93. The van der Waals surface area contributed by atoms with Crippen LogP contribution >= 0.6 is 0 Å². The molecule has 3 heteroatoms. The van der Waals surface area contributed by atoms with Gasteiger partial charge in [0, 0.05) is 39.3 Å². The van der Waals surface area contributed by atoms with Crippen LogP contribution in [0.5, 0.6) is 0 Å². The Hall–Kier alpha value is -3.59. The van der Waals surface area contributed by atoms with E-state index in [0.717, 1.165) is 11.1 Å². The Morgan fingerprint density at radius 3 is 2.50 bits per heavy atom. The van der Waals surface area contributed by atoms with Gasteiger partial charge in [-0.05, 0) is 18.2 Å². The van der Waals surface area contributed by atoms with Crippen molar-refractivity contribution in [1.29, 1.82) is 0 Å². The van der Waals surface area contributed by atoms with Gasteiger partial charge < -0.3 is 9.55 Å². The first kappa shape index (κ1) is 13.7. The number of benzene rings is 3. The second-order valence-corrected chi connectivity index (χ2v) is 6.63. The van der Waals surface area contributed by atoms with Crippen LogP contribution in [0.4, 0.5) is 0 Å². The fourth-order valence-corrected chi connectivity index (χ4v) is 4.12. The van der Waals surface area contributed by atoms with Crippen molar-refractivity contribution in [2.75, 3.05) is 0 Å². The SMILES string of the molecule is c1ccc2c(-n3c4ccccc4c4c5[nH]ccc5ccc43)cncc2c1. The van der Waals surface area contributed by atoms with Crippen LogP contribution in [0.2, 0.25) is 0 Å². The molecule has 1 N–H and O–H groups in total. The third kappa shape index (κ3) is 1.69. The average molecular weight is 333 g/mol. The zero-order chi connectivity index (χ0) is 17.1. The summed E-state index contributed by atoms with van der Waals surface area (Å²) >= 11 is 0. The van der Waals surface area contributed by atoms with Gasteiger partial charge in [-0.1, -0.05) is 48.5 Å². The molecule has 3 aromatic heterocycles. The van der Waals surface area contributed by atoms with Gasteiger partial charge in [-0.15, -0.1) is 0 Å². The van der Waals surface area contributed by atoms with Crippen LogP contribution in [0.3, 0.4) is 0 Å². The number of aromatic amines is 1. The highest BCUT2D eigenvalue weighted by atomic mass is 15.0. The van der Waals surface area contributed by atoms with Crippen LogP contribution in [-0.2, 0) is 0 Å². The summed E-state index contributed by atoms with van der Waals surface area (Å²) in [6, 6.07) is 23.5. The Morgan fingerprint density at radius 1 is 0.692 bits per heavy atom. The van der Waals surface area contributed by atoms with E-state index in [1.165, 1.54) is 38.1 Å². The molecule has 6 aromatic rings. The van der Waals surface area contributed by atoms with Gasteiger partial charge in [0.2, 0.25) is 0 Å². The van der Waals surface area contributed by atoms with Crippen molar-refractivity contribution < 1.29 is 0 Å². The summed E-state index contributed by atoms with van der Waals surface area (Å²) in [6.45, 7) is 0. The minimum atomic E-state index is 1.11. The number of nitrogens with one attached hydrogen (secondary N) is 1. The first-order valence-electron chi connectivity index (χ1n) is 8.74. The second kappa shape index (κ2) is 4.96. The number of H-pyrrole nitrogens is 1. The highest BCUT2D eigenvalue weighted by molar-refractivity contribution is 6.20. The molecule has 3 nitrogen and oxygen atoms in total. The molecule has 122 valence electrons. The lowest BCUT2D eigenvalue weighted by Crippen LogP contribution is -1.96. The zero-order valence-electron chi connectivity index (χ0n) is 14.0. The van der Waals surface area contributed by atoms with E-state index < -0.39 is 0 Å². The summed E-state index contributed by atoms with van der Waals surface area (Å²) < 4.78 is 2.33. The average Bonchev–Trinajstić information content (AvgIpc) is 3.29. The molecule has 0 radical (unpaired) electrons. The normalized spacial score (nSPS) is 11.8. The predicted octanol–water partition coefficient (Wildman–Crippen LogP) is 5.81. The van der Waals surface area contributed by atoms with Gasteiger partial charge in [0.1, 0.15) is 0 Å². The van der Waals surface area contributed by atoms with Gasteiger partial charge >= 0.3 is 0 Å². The van der Waals surface area contributed by atoms with E-state index >= 15 is 0 Å². The second-order valence-electron chi connectivity index (χ2n) is 6.63. The van der Waals surface area contributed by atoms with Crippen LogP contribution in [0.25, 0.3) is 49.2 Å². The quantitative estimate of drug-likeness (QED) is 0.404. The van der Waals surface area contributed by atoms with E-state index in [1.54, 1.807) is 0 Å². The third-order valence-corrected chi connectivity index (χ3v) is 5.25. The van der Waals surface area contributed by atoms with Crippen molar-refractivity contribution >= 4 is 43.5 Å². The van der Waals surface area contributed by atoms with Crippen molar-refractivity contribution in [2.24, 2.45) is 0 Å². The number of para-hydroxylation sites is 1. The minimum Gasteiger partial charge on any atom is -0.361 e. The van der Waals surface area contributed by atoms with Gasteiger partial charge in [-0.25, -0.2) is 0 Å². The topological polar surface area (TPSA) is 33.6 Å². The molecule has 0 aliphatic carbocycles. The van der Waals surface area contributed by atoms with Gasteiger partial charge in [0.25, 0.3) is 0 Å². The maximum absolute atomic E-state index is 4.51. The van der Waals surface area contributed by atoms with Crippen LogP contribution in [0.15, 0.2) is 85.3 Å². The molecule has 3 heterocycles. The minimum absolute atomic E-state index is 1.11. The number of rotatable bonds is 1. The fraction of sp³-hybridized carbons (Fsp3) is 0. The Kier molecular flexibility index (Phi) is 2.61. The van der Waals surface area contributed by atoms with Crippen LogP contribution < -0.4 is 0 Å². The van der Waals surface area contributed by atoms with Crippen LogP contribution in [0, 0.1) is 0 Å². The van der Waals surface area contributed by atoms with Crippen molar-refractivity contribution in [3.63, 3.8) is 0 Å². The molecule has 0 unspecified atom stereocenters. The molecule has 3 aromatic carbocycles. The molecular weight excluding hydrogens is 318 g/mol. The molecule has 26 heavy (non-hydrogen) atoms. The van der Waals surface area contributed by atoms with E-state index in [1.807, 2.05) is 18.6 Å². The van der Waals surface area contributed by atoms with Gasteiger partial charge in [-0.2, -0.15) is 0 Å². The van der Waals surface area contributed by atoms with E-state index in [9.17, 15) is 0 Å². The standard InChI is InChI=1S/C23H15N3/c1-2-6-17-16(5-1)13-24-14-21(17)26-19-8-4-3-7-18(19)22-20(26)10-9-15-11-12-25-23(15)22/h1-14,25H. The molecule has 0 atom stereocenters. The number of hydrogen-bond donors (Lipinski definition) is 1. The number of nitrogens with zero attached hydrogens (tertiary/aromatic N) is 2. The number of aromatic nitrogens is 3. The summed E-state index contributed by atoms with van der Waals surface area (Å²) in [7, 11) is 0. The highest BCUT2D eigenvalue weighted by Crippen LogP contribution is 2.37. The third-order valence-electron chi connectivity index (χ3n) is 5.25. The van der Waals surface area contributed by atoms with E-state index in [2.05, 4.69) is 81.3 Å². The monoisotopic (exact) mass is 333 g/mol. The van der Waals surface area contributed by atoms with Crippen molar-refractivity contribution in [1.82, 2.24) is 14.5 Å². The predicted molar refractivity (Wildman–Crippen MR) is 108 cm³/mol. The molecule has 0 aliphatic heterocycles. The fourth-order valence-electron chi connectivity index (χ4n) is 4.12. The highest BCUT2D eigenvalue weighted by Gasteiger charge is 2.16. The van der Waals surface area contributed by atoms with E-state index in [-0.39, 0.29) is 0 Å². The summed E-state index contributed by atoms with van der Waals surface area (Å²) in [5.74, 6) is 0. The Labute approximate surface area is 149 Å². The lowest BCUT2D eigenvalue weighted by molar-refractivity contribution is 1.16. The first-order chi connectivity index (χ1) is 12.9. The largest absolute Gasteiger partial charge is 0.361 e. The number of fused-ring (bicyclic) bond motifs is 6. The molecule has 0 spiro atoms. The smallest absolute Gasteiger partial charge is 0.0723 e. The Balaban J connectivity index is 1.89. The summed E-state index contributed by atoms with van der Waals surface area (Å²) in [6.07, 6.45) is 5.90. The molecule has 0 saturated carbocycles. The molecule has 6 rings (SSSR count). The Morgan fingerprint density at radius 2 is 1.54 bits per heavy atom. The van der Waals surface area contributed by atoms with Crippen molar-refractivity contribution in [3.05, 3.63) is 85.3 Å². The maximum atomic E-state index is 4.51. The van der Waals surface area contributed by atoms with Gasteiger partial charge in [-0.3, -0.25) is 4.98 Å². The number of hydrogen-bond acceptors (Lipinski definition) is 1. The van der Waals surface area contributed by atoms with Crippen molar-refractivity contribution in [2.45, 2.75) is 0 Å². The van der Waals surface area contributed by atoms with Gasteiger partial charge in [0.05, 0.1) is 28.4 Å². The molecule has 0 aliphatic rings.